The van der Waals surface area contributed by atoms with E-state index in [4.69, 9.17) is 4.74 Å². The van der Waals surface area contributed by atoms with Crippen LogP contribution in [0.5, 0.6) is 5.75 Å². The third kappa shape index (κ3) is 4.97. The molecule has 2 unspecified atom stereocenters. The third-order valence-electron chi connectivity index (χ3n) is 3.92. The van der Waals surface area contributed by atoms with Crippen LogP contribution >= 0.6 is 0 Å². The average Bonchev–Trinajstić information content (AvgIpc) is 2.64. The third-order valence-corrected chi connectivity index (χ3v) is 3.92. The van der Waals surface area contributed by atoms with Crippen molar-refractivity contribution < 1.29 is 14.2 Å². The number of rotatable bonds is 5. The monoisotopic (exact) mass is 295 g/mol. The molecule has 0 aromatic heterocycles. The van der Waals surface area contributed by atoms with E-state index in [1.807, 2.05) is 0 Å². The van der Waals surface area contributed by atoms with Gasteiger partial charge in [-0.3, -0.25) is 0 Å². The second kappa shape index (κ2) is 7.76. The SMILES string of the molecule is CC(C)NCc1cc(F)ccc1OC1CCCCCC1O. The zero-order chi connectivity index (χ0) is 15.2. The van der Waals surface area contributed by atoms with E-state index < -0.39 is 6.10 Å². The van der Waals surface area contributed by atoms with Crippen LogP contribution < -0.4 is 10.1 Å². The summed E-state index contributed by atoms with van der Waals surface area (Å²) in [5.41, 5.74) is 0.806. The predicted octanol–water partition coefficient (Wildman–Crippen LogP) is 3.40. The lowest BCUT2D eigenvalue weighted by atomic mass is 10.1. The first-order valence-corrected chi connectivity index (χ1v) is 7.93. The van der Waals surface area contributed by atoms with E-state index in [0.29, 0.717) is 18.3 Å². The molecule has 1 saturated carbocycles. The van der Waals surface area contributed by atoms with E-state index in [9.17, 15) is 9.50 Å². The van der Waals surface area contributed by atoms with Crippen molar-refractivity contribution in [3.63, 3.8) is 0 Å². The first-order valence-electron chi connectivity index (χ1n) is 7.93. The topological polar surface area (TPSA) is 41.5 Å². The molecule has 0 radical (unpaired) electrons. The second-order valence-electron chi connectivity index (χ2n) is 6.15. The molecule has 1 aromatic rings. The molecular formula is C17H26FNO2. The van der Waals surface area contributed by atoms with Gasteiger partial charge in [-0.2, -0.15) is 0 Å². The van der Waals surface area contributed by atoms with Crippen molar-refractivity contribution in [3.8, 4) is 5.75 Å². The maximum Gasteiger partial charge on any atom is 0.124 e. The van der Waals surface area contributed by atoms with Crippen LogP contribution in [0.15, 0.2) is 18.2 Å². The van der Waals surface area contributed by atoms with E-state index in [-0.39, 0.29) is 11.9 Å². The highest BCUT2D eigenvalue weighted by Crippen LogP contribution is 2.26. The molecule has 1 aromatic carbocycles. The minimum absolute atomic E-state index is 0.184. The first-order chi connectivity index (χ1) is 10.1. The Morgan fingerprint density at radius 1 is 1.29 bits per heavy atom. The van der Waals surface area contributed by atoms with E-state index in [2.05, 4.69) is 19.2 Å². The van der Waals surface area contributed by atoms with Crippen molar-refractivity contribution >= 4 is 0 Å². The van der Waals surface area contributed by atoms with Crippen LogP contribution in [0.25, 0.3) is 0 Å². The van der Waals surface area contributed by atoms with Crippen molar-refractivity contribution in [2.45, 2.75) is 70.7 Å². The smallest absolute Gasteiger partial charge is 0.124 e. The largest absolute Gasteiger partial charge is 0.487 e. The van der Waals surface area contributed by atoms with Crippen molar-refractivity contribution in [3.05, 3.63) is 29.6 Å². The Morgan fingerprint density at radius 2 is 2.05 bits per heavy atom. The lowest BCUT2D eigenvalue weighted by Crippen LogP contribution is -2.31. The molecule has 0 heterocycles. The molecule has 2 N–H and O–H groups in total. The molecule has 118 valence electrons. The van der Waals surface area contributed by atoms with Crippen LogP contribution in [0.2, 0.25) is 0 Å². The van der Waals surface area contributed by atoms with Crippen LogP contribution in [-0.2, 0) is 6.54 Å². The number of nitrogens with one attached hydrogen (secondary N) is 1. The highest BCUT2D eigenvalue weighted by atomic mass is 19.1. The zero-order valence-corrected chi connectivity index (χ0v) is 12.9. The van der Waals surface area contributed by atoms with Crippen LogP contribution in [0, 0.1) is 5.82 Å². The van der Waals surface area contributed by atoms with Crippen molar-refractivity contribution in [1.29, 1.82) is 0 Å². The standard InChI is InChI=1S/C17H26FNO2/c1-12(2)19-11-13-10-14(18)8-9-16(13)21-17-7-5-3-4-6-15(17)20/h8-10,12,15,17,19-20H,3-7,11H2,1-2H3. The Balaban J connectivity index is 2.10. The van der Waals surface area contributed by atoms with E-state index in [1.54, 1.807) is 6.07 Å². The van der Waals surface area contributed by atoms with Gasteiger partial charge in [0.15, 0.2) is 0 Å². The number of aliphatic hydroxyl groups excluding tert-OH is 1. The van der Waals surface area contributed by atoms with Gasteiger partial charge < -0.3 is 15.2 Å². The van der Waals surface area contributed by atoms with Gasteiger partial charge in [0, 0.05) is 18.2 Å². The zero-order valence-electron chi connectivity index (χ0n) is 12.9. The minimum Gasteiger partial charge on any atom is -0.487 e. The van der Waals surface area contributed by atoms with Crippen molar-refractivity contribution in [2.75, 3.05) is 0 Å². The fraction of sp³-hybridized carbons (Fsp3) is 0.647. The van der Waals surface area contributed by atoms with Crippen LogP contribution in [0.3, 0.4) is 0 Å². The summed E-state index contributed by atoms with van der Waals surface area (Å²) in [4.78, 5) is 0. The predicted molar refractivity (Wildman–Crippen MR) is 81.9 cm³/mol. The highest BCUT2D eigenvalue weighted by Gasteiger charge is 2.24. The van der Waals surface area contributed by atoms with Crippen LogP contribution in [-0.4, -0.2) is 23.4 Å². The molecule has 0 saturated heterocycles. The van der Waals surface area contributed by atoms with Gasteiger partial charge in [0.25, 0.3) is 0 Å². The molecular weight excluding hydrogens is 269 g/mol. The molecule has 2 atom stereocenters. The Bertz CT molecular complexity index is 450. The van der Waals surface area contributed by atoms with E-state index >= 15 is 0 Å². The molecule has 4 heteroatoms. The number of hydrogen-bond donors (Lipinski definition) is 2. The Labute approximate surface area is 126 Å². The number of benzene rings is 1. The normalized spacial score (nSPS) is 23.1. The summed E-state index contributed by atoms with van der Waals surface area (Å²) >= 11 is 0. The molecule has 3 nitrogen and oxygen atoms in total. The first kappa shape index (κ1) is 16.2. The van der Waals surface area contributed by atoms with Crippen LogP contribution in [0.4, 0.5) is 4.39 Å². The summed E-state index contributed by atoms with van der Waals surface area (Å²) in [5.74, 6) is 0.417. The Kier molecular flexibility index (Phi) is 6.00. The fourth-order valence-electron chi connectivity index (χ4n) is 2.67. The Hall–Kier alpha value is -1.13. The van der Waals surface area contributed by atoms with E-state index in [0.717, 1.165) is 37.7 Å². The van der Waals surface area contributed by atoms with Gasteiger partial charge in [-0.05, 0) is 37.5 Å². The molecule has 1 aliphatic carbocycles. The number of ether oxygens (including phenoxy) is 1. The van der Waals surface area contributed by atoms with Gasteiger partial charge >= 0.3 is 0 Å². The van der Waals surface area contributed by atoms with Crippen LogP contribution in [0.1, 0.15) is 51.5 Å². The minimum atomic E-state index is -0.427. The van der Waals surface area contributed by atoms with E-state index in [1.165, 1.54) is 12.1 Å². The lowest BCUT2D eigenvalue weighted by Gasteiger charge is -2.24. The lowest BCUT2D eigenvalue weighted by molar-refractivity contribution is 0.0313. The van der Waals surface area contributed by atoms with Gasteiger partial charge in [0.1, 0.15) is 17.7 Å². The number of aliphatic hydroxyl groups is 1. The van der Waals surface area contributed by atoms with Gasteiger partial charge in [-0.25, -0.2) is 4.39 Å². The molecule has 2 rings (SSSR count). The second-order valence-corrected chi connectivity index (χ2v) is 6.15. The van der Waals surface area contributed by atoms with Crippen molar-refractivity contribution in [1.82, 2.24) is 5.32 Å². The summed E-state index contributed by atoms with van der Waals surface area (Å²) in [5, 5.41) is 13.4. The highest BCUT2D eigenvalue weighted by molar-refractivity contribution is 5.34. The summed E-state index contributed by atoms with van der Waals surface area (Å²) in [7, 11) is 0. The van der Waals surface area contributed by atoms with Gasteiger partial charge in [0.2, 0.25) is 0 Å². The molecule has 1 fully saturated rings. The molecule has 0 amide bonds. The summed E-state index contributed by atoms with van der Waals surface area (Å²) < 4.78 is 19.5. The number of halogens is 1. The maximum atomic E-state index is 13.5. The quantitative estimate of drug-likeness (QED) is 0.818. The molecule has 0 aliphatic heterocycles. The summed E-state index contributed by atoms with van der Waals surface area (Å²) in [6.07, 6.45) is 4.29. The van der Waals surface area contributed by atoms with Gasteiger partial charge in [-0.15, -0.1) is 0 Å². The molecule has 21 heavy (non-hydrogen) atoms. The number of hydrogen-bond acceptors (Lipinski definition) is 3. The molecule has 0 spiro atoms. The molecule has 0 bridgehead atoms. The summed E-state index contributed by atoms with van der Waals surface area (Å²) in [6.45, 7) is 4.66. The Morgan fingerprint density at radius 3 is 2.81 bits per heavy atom. The maximum absolute atomic E-state index is 13.5. The van der Waals surface area contributed by atoms with Crippen molar-refractivity contribution in [2.24, 2.45) is 0 Å². The van der Waals surface area contributed by atoms with Gasteiger partial charge in [-0.1, -0.05) is 26.7 Å². The molecule has 1 aliphatic rings. The summed E-state index contributed by atoms with van der Waals surface area (Å²) in [6, 6.07) is 4.92. The average molecular weight is 295 g/mol. The van der Waals surface area contributed by atoms with Gasteiger partial charge in [0.05, 0.1) is 6.10 Å². The fourth-order valence-corrected chi connectivity index (χ4v) is 2.67.